The second-order valence-corrected chi connectivity index (χ2v) is 5.17. The molecule has 0 saturated heterocycles. The molecule has 1 aliphatic heterocycles. The number of fused-ring (bicyclic) bond motifs is 1. The molecule has 0 fully saturated rings. The Hall–Kier alpha value is -2.63. The minimum absolute atomic E-state index is 0.142. The van der Waals surface area contributed by atoms with Crippen molar-refractivity contribution in [2.75, 3.05) is 19.4 Å². The first-order chi connectivity index (χ1) is 10.6. The number of aromatic nitrogens is 1. The normalized spacial score (nSPS) is 13.9. The number of nitrogen functional groups attached to an aromatic ring is 1. The predicted octanol–water partition coefficient (Wildman–Crippen LogP) is 2.01. The molecule has 0 radical (unpaired) electrons. The van der Waals surface area contributed by atoms with Crippen LogP contribution in [0.4, 0.5) is 10.2 Å². The minimum atomic E-state index is -0.292. The summed E-state index contributed by atoms with van der Waals surface area (Å²) in [6, 6.07) is 6.13. The number of hydrogen-bond acceptors (Lipinski definition) is 4. The number of anilines is 1. The lowest BCUT2D eigenvalue weighted by atomic mass is 9.98. The summed E-state index contributed by atoms with van der Waals surface area (Å²) in [7, 11) is 1.50. The topological polar surface area (TPSA) is 68.5 Å². The third-order valence-electron chi connectivity index (χ3n) is 3.82. The van der Waals surface area contributed by atoms with E-state index >= 15 is 0 Å². The molecule has 0 saturated carbocycles. The smallest absolute Gasteiger partial charge is 0.258 e. The second kappa shape index (κ2) is 5.63. The lowest BCUT2D eigenvalue weighted by Gasteiger charge is -2.30. The molecule has 2 aromatic rings. The maximum Gasteiger partial charge on any atom is 0.258 e. The van der Waals surface area contributed by atoms with Crippen LogP contribution in [-0.4, -0.2) is 29.4 Å². The van der Waals surface area contributed by atoms with Crippen molar-refractivity contribution in [1.29, 1.82) is 0 Å². The van der Waals surface area contributed by atoms with E-state index in [1.54, 1.807) is 17.0 Å². The summed E-state index contributed by atoms with van der Waals surface area (Å²) in [5.41, 5.74) is 7.95. The number of carbonyl (C=O) groups is 1. The van der Waals surface area contributed by atoms with E-state index in [-0.39, 0.29) is 11.7 Å². The van der Waals surface area contributed by atoms with Crippen LogP contribution in [0.15, 0.2) is 30.5 Å². The number of methoxy groups -OCH3 is 1. The predicted molar refractivity (Wildman–Crippen MR) is 80.0 cm³/mol. The van der Waals surface area contributed by atoms with Crippen LogP contribution < -0.4 is 10.5 Å². The Labute approximate surface area is 127 Å². The van der Waals surface area contributed by atoms with Gasteiger partial charge in [-0.25, -0.2) is 9.37 Å². The van der Waals surface area contributed by atoms with E-state index < -0.39 is 0 Å². The standard InChI is InChI=1S/C16H16FN3O2/c1-22-13-8-19-15(18)12-6-7-20(16(21)14(12)13)9-10-2-4-11(17)5-3-10/h2-5,8H,6-7,9H2,1H3,(H2,18,19). The fourth-order valence-corrected chi connectivity index (χ4v) is 2.66. The van der Waals surface area contributed by atoms with Crippen LogP contribution in [0.2, 0.25) is 0 Å². The molecule has 3 rings (SSSR count). The summed E-state index contributed by atoms with van der Waals surface area (Å²) < 4.78 is 18.2. The lowest BCUT2D eigenvalue weighted by Crippen LogP contribution is -2.37. The first-order valence-electron chi connectivity index (χ1n) is 6.95. The third kappa shape index (κ3) is 2.47. The van der Waals surface area contributed by atoms with Crippen molar-refractivity contribution in [3.05, 3.63) is 53.0 Å². The molecule has 6 heteroatoms. The molecule has 0 spiro atoms. The van der Waals surface area contributed by atoms with Crippen LogP contribution in [-0.2, 0) is 13.0 Å². The lowest BCUT2D eigenvalue weighted by molar-refractivity contribution is 0.0723. The van der Waals surface area contributed by atoms with Crippen molar-refractivity contribution in [2.24, 2.45) is 0 Å². The number of hydrogen-bond donors (Lipinski definition) is 1. The number of amides is 1. The maximum atomic E-state index is 13.0. The number of nitrogens with zero attached hydrogens (tertiary/aromatic N) is 2. The zero-order valence-electron chi connectivity index (χ0n) is 12.2. The van der Waals surface area contributed by atoms with Crippen LogP contribution >= 0.6 is 0 Å². The molecule has 0 atom stereocenters. The van der Waals surface area contributed by atoms with Crippen LogP contribution in [0.3, 0.4) is 0 Å². The molecule has 0 unspecified atom stereocenters. The fourth-order valence-electron chi connectivity index (χ4n) is 2.66. The van der Waals surface area contributed by atoms with Crippen LogP contribution in [0.25, 0.3) is 0 Å². The molecular weight excluding hydrogens is 285 g/mol. The third-order valence-corrected chi connectivity index (χ3v) is 3.82. The Balaban J connectivity index is 1.90. The highest BCUT2D eigenvalue weighted by Crippen LogP contribution is 2.31. The Bertz CT molecular complexity index is 716. The monoisotopic (exact) mass is 301 g/mol. The van der Waals surface area contributed by atoms with E-state index in [0.717, 1.165) is 11.1 Å². The highest BCUT2D eigenvalue weighted by Gasteiger charge is 2.29. The van der Waals surface area contributed by atoms with Gasteiger partial charge in [-0.05, 0) is 24.1 Å². The van der Waals surface area contributed by atoms with Gasteiger partial charge < -0.3 is 15.4 Å². The van der Waals surface area contributed by atoms with Gasteiger partial charge in [0, 0.05) is 18.7 Å². The first-order valence-corrected chi connectivity index (χ1v) is 6.95. The van der Waals surface area contributed by atoms with E-state index in [9.17, 15) is 9.18 Å². The van der Waals surface area contributed by atoms with Crippen LogP contribution in [0, 0.1) is 5.82 Å². The minimum Gasteiger partial charge on any atom is -0.494 e. The van der Waals surface area contributed by atoms with E-state index in [4.69, 9.17) is 10.5 Å². The summed E-state index contributed by atoms with van der Waals surface area (Å²) in [4.78, 5) is 18.5. The highest BCUT2D eigenvalue weighted by molar-refractivity contribution is 6.00. The molecule has 5 nitrogen and oxygen atoms in total. The van der Waals surface area contributed by atoms with Crippen molar-refractivity contribution in [2.45, 2.75) is 13.0 Å². The average molecular weight is 301 g/mol. The summed E-state index contributed by atoms with van der Waals surface area (Å²) >= 11 is 0. The van der Waals surface area contributed by atoms with Gasteiger partial charge in [0.25, 0.3) is 5.91 Å². The van der Waals surface area contributed by atoms with Gasteiger partial charge in [-0.3, -0.25) is 4.79 Å². The molecule has 2 N–H and O–H groups in total. The molecule has 1 amide bonds. The number of halogens is 1. The van der Waals surface area contributed by atoms with Crippen LogP contribution in [0.1, 0.15) is 21.5 Å². The van der Waals surface area contributed by atoms with E-state index in [1.807, 2.05) is 0 Å². The van der Waals surface area contributed by atoms with Gasteiger partial charge in [0.05, 0.1) is 18.9 Å². The van der Waals surface area contributed by atoms with Gasteiger partial charge >= 0.3 is 0 Å². The Morgan fingerprint density at radius 3 is 2.77 bits per heavy atom. The summed E-state index contributed by atoms with van der Waals surface area (Å²) in [6.07, 6.45) is 2.09. The van der Waals surface area contributed by atoms with Crippen molar-refractivity contribution in [3.63, 3.8) is 0 Å². The van der Waals surface area contributed by atoms with E-state index in [0.29, 0.717) is 36.6 Å². The molecule has 1 aromatic carbocycles. The second-order valence-electron chi connectivity index (χ2n) is 5.17. The fraction of sp³-hybridized carbons (Fsp3) is 0.250. The van der Waals surface area contributed by atoms with Crippen molar-refractivity contribution in [1.82, 2.24) is 9.88 Å². The Morgan fingerprint density at radius 1 is 1.36 bits per heavy atom. The van der Waals surface area contributed by atoms with E-state index in [1.165, 1.54) is 25.4 Å². The first kappa shape index (κ1) is 14.3. The number of nitrogens with two attached hydrogens (primary N) is 1. The molecule has 114 valence electrons. The number of benzene rings is 1. The number of carbonyl (C=O) groups excluding carboxylic acids is 1. The zero-order valence-corrected chi connectivity index (χ0v) is 12.2. The molecule has 1 aromatic heterocycles. The van der Waals surface area contributed by atoms with Gasteiger partial charge in [0.15, 0.2) is 0 Å². The van der Waals surface area contributed by atoms with Crippen molar-refractivity contribution in [3.8, 4) is 5.75 Å². The van der Waals surface area contributed by atoms with Gasteiger partial charge in [0.2, 0.25) is 0 Å². The largest absolute Gasteiger partial charge is 0.494 e. The number of pyridine rings is 1. The van der Waals surface area contributed by atoms with E-state index in [2.05, 4.69) is 4.98 Å². The van der Waals surface area contributed by atoms with Crippen molar-refractivity contribution < 1.29 is 13.9 Å². The summed E-state index contributed by atoms with van der Waals surface area (Å²) in [5.74, 6) is 0.361. The van der Waals surface area contributed by atoms with Gasteiger partial charge in [-0.2, -0.15) is 0 Å². The SMILES string of the molecule is COc1cnc(N)c2c1C(=O)N(Cc1ccc(F)cc1)CC2. The summed E-state index contributed by atoms with van der Waals surface area (Å²) in [5, 5.41) is 0. The number of ether oxygens (including phenoxy) is 1. The van der Waals surface area contributed by atoms with Crippen LogP contribution in [0.5, 0.6) is 5.75 Å². The molecule has 2 heterocycles. The number of rotatable bonds is 3. The Morgan fingerprint density at radius 2 is 2.09 bits per heavy atom. The quantitative estimate of drug-likeness (QED) is 0.941. The Kier molecular flexibility index (Phi) is 3.66. The van der Waals surface area contributed by atoms with Gasteiger partial charge in [-0.15, -0.1) is 0 Å². The maximum absolute atomic E-state index is 13.0. The molecular formula is C16H16FN3O2. The molecule has 1 aliphatic rings. The molecule has 0 aliphatic carbocycles. The molecule has 22 heavy (non-hydrogen) atoms. The van der Waals surface area contributed by atoms with Gasteiger partial charge in [-0.1, -0.05) is 12.1 Å². The zero-order chi connectivity index (χ0) is 15.7. The molecule has 0 bridgehead atoms. The summed E-state index contributed by atoms with van der Waals surface area (Å²) in [6.45, 7) is 0.964. The van der Waals surface area contributed by atoms with Crippen molar-refractivity contribution >= 4 is 11.7 Å². The highest BCUT2D eigenvalue weighted by atomic mass is 19.1. The average Bonchev–Trinajstić information content (AvgIpc) is 2.53. The van der Waals surface area contributed by atoms with Gasteiger partial charge in [0.1, 0.15) is 17.4 Å².